The number of piperidine rings is 1. The van der Waals surface area contributed by atoms with Crippen LogP contribution in [0, 0.1) is 5.92 Å². The van der Waals surface area contributed by atoms with E-state index in [0.717, 1.165) is 66.7 Å². The molecule has 0 bridgehead atoms. The van der Waals surface area contributed by atoms with E-state index in [2.05, 4.69) is 53.8 Å². The molecule has 28 nitrogen and oxygen atoms in total. The monoisotopic (exact) mass is 1300 g/mol. The molecule has 16 N–H and O–H groups in total. The van der Waals surface area contributed by atoms with Crippen LogP contribution < -0.4 is 47.7 Å². The van der Waals surface area contributed by atoms with Gasteiger partial charge < -0.3 is 98.0 Å². The number of phenols is 1. The van der Waals surface area contributed by atoms with Crippen LogP contribution in [-0.2, 0) is 39.9 Å². The molecule has 92 heavy (non-hydrogen) atoms. The van der Waals surface area contributed by atoms with Gasteiger partial charge in [-0.25, -0.2) is 0 Å². The Morgan fingerprint density at radius 1 is 0.717 bits per heavy atom. The van der Waals surface area contributed by atoms with Gasteiger partial charge in [0.05, 0.1) is 48.8 Å². The van der Waals surface area contributed by atoms with Gasteiger partial charge in [0, 0.05) is 86.8 Å². The number of nitrogens with zero attached hydrogens (tertiary/aromatic N) is 5. The second kappa shape index (κ2) is 31.4. The Balaban J connectivity index is 0.947. The Morgan fingerprint density at radius 2 is 1.35 bits per heavy atom. The molecule has 1 aliphatic carbocycles. The van der Waals surface area contributed by atoms with Gasteiger partial charge in [-0.2, -0.15) is 0 Å². The molecule has 13 atom stereocenters. The maximum Gasteiger partial charge on any atom is 0.251 e. The van der Waals surface area contributed by atoms with Crippen LogP contribution in [0.2, 0.25) is 0 Å². The van der Waals surface area contributed by atoms with Gasteiger partial charge in [0.15, 0.2) is 11.5 Å². The van der Waals surface area contributed by atoms with Gasteiger partial charge in [0.1, 0.15) is 52.9 Å². The van der Waals surface area contributed by atoms with E-state index in [1.807, 2.05) is 12.1 Å². The van der Waals surface area contributed by atoms with Gasteiger partial charge in [0.25, 0.3) is 5.91 Å². The van der Waals surface area contributed by atoms with Crippen molar-refractivity contribution in [2.45, 2.75) is 170 Å². The van der Waals surface area contributed by atoms with Crippen LogP contribution in [0.1, 0.15) is 94.0 Å². The van der Waals surface area contributed by atoms with Crippen molar-refractivity contribution in [1.29, 1.82) is 0 Å². The van der Waals surface area contributed by atoms with E-state index in [1.165, 1.54) is 67.9 Å². The number of phenolic OH excluding ortho intramolecular Hbond substituents is 1. The van der Waals surface area contributed by atoms with Gasteiger partial charge in [-0.15, -0.1) is 10.2 Å². The highest BCUT2D eigenvalue weighted by Gasteiger charge is 2.50. The molecule has 0 spiro atoms. The van der Waals surface area contributed by atoms with Crippen molar-refractivity contribution in [3.8, 4) is 32.6 Å². The number of benzene rings is 3. The number of fused-ring (bicyclic) bond motifs is 2. The van der Waals surface area contributed by atoms with E-state index in [0.29, 0.717) is 21.7 Å². The fraction of sp³-hybridized carbons (Fsp3) is 0.571. The number of β-amino-alcohol motifs (C(OH)–C–C–N with tert-alkyl or cyclic N) is 1. The lowest BCUT2D eigenvalue weighted by molar-refractivity contribution is -0.147. The summed E-state index contributed by atoms with van der Waals surface area (Å²) in [7, 11) is 0. The summed E-state index contributed by atoms with van der Waals surface area (Å²) in [4.78, 5) is 106. The average molecular weight is 1300 g/mol. The minimum Gasteiger partial charge on any atom is -0.504 e. The molecule has 7 amide bonds. The third-order valence-electron chi connectivity index (χ3n) is 17.7. The molecular weight excluding hydrogens is 1210 g/mol. The Morgan fingerprint density at radius 3 is 2.00 bits per heavy atom. The molecule has 9 rings (SSSR count). The molecule has 0 radical (unpaired) electrons. The largest absolute Gasteiger partial charge is 0.504 e. The van der Waals surface area contributed by atoms with E-state index in [4.69, 9.17) is 20.9 Å². The standard InChI is InChI=1S/C63H86N12O16S/c1-33-31-75-53(54(33)82)59(87)66-30-40(77)28-44(67-55(83)36-9-11-37(12-10-36)60-71-72-61(92-60)38-13-15-39(16-14-38)73-23-19-43(20-24-73)91-42-6-4-3-5-7-42)56(84)68-50(34(2)76)62(88)74-32-41(78)29-45(74)57(85)69-51(58(86)70-52(63(75)89)47(80)18-21-64)48(81)26-35-8-17-46(79)49(27-35)90-25-22-65/h8-17,27,33-34,40-45,47-48,50-54,76-82H,3-7,18-26,28-32,64-65H2,1-2H3,(H,66,87)(H,67,83)(H,68,84)(H,69,85)(H,70,86)/t33-,34+,40+,41+,44-,45-,47+,48+,50-,51-,52-,53-,54-/m0/s1. The number of hydrogen-bond donors (Lipinski definition) is 14. The molecule has 500 valence electrons. The lowest BCUT2D eigenvalue weighted by atomic mass is 9.97. The molecule has 4 aromatic rings. The lowest BCUT2D eigenvalue weighted by Gasteiger charge is -2.36. The van der Waals surface area contributed by atoms with Crippen LogP contribution in [0.15, 0.2) is 66.7 Å². The summed E-state index contributed by atoms with van der Waals surface area (Å²) in [6, 6.07) is 7.47. The summed E-state index contributed by atoms with van der Waals surface area (Å²) in [5.41, 5.74) is 14.3. The Bertz CT molecular complexity index is 3200. The van der Waals surface area contributed by atoms with Crippen molar-refractivity contribution in [3.05, 3.63) is 77.9 Å². The maximum atomic E-state index is 14.7. The first-order valence-electron chi connectivity index (χ1n) is 31.6. The number of aliphatic hydroxyl groups is 6. The smallest absolute Gasteiger partial charge is 0.251 e. The minimum atomic E-state index is -2.04. The van der Waals surface area contributed by atoms with Gasteiger partial charge in [-0.05, 0) is 99.7 Å². The third kappa shape index (κ3) is 16.8. The zero-order chi connectivity index (χ0) is 65.9. The second-order valence-electron chi connectivity index (χ2n) is 24.6. The number of ether oxygens (including phenoxy) is 2. The minimum absolute atomic E-state index is 0.00391. The number of aliphatic hydroxyl groups excluding tert-OH is 6. The van der Waals surface area contributed by atoms with Crippen molar-refractivity contribution in [2.75, 3.05) is 57.3 Å². The first-order valence-corrected chi connectivity index (χ1v) is 32.4. The van der Waals surface area contributed by atoms with Crippen LogP contribution in [0.4, 0.5) is 5.69 Å². The third-order valence-corrected chi connectivity index (χ3v) is 18.8. The molecule has 4 aliphatic heterocycles. The highest BCUT2D eigenvalue weighted by atomic mass is 32.1. The molecule has 29 heteroatoms. The van der Waals surface area contributed by atoms with Crippen molar-refractivity contribution in [2.24, 2.45) is 17.4 Å². The first kappa shape index (κ1) is 68.9. The van der Waals surface area contributed by atoms with E-state index >= 15 is 0 Å². The summed E-state index contributed by atoms with van der Waals surface area (Å²) in [5, 5.41) is 102. The van der Waals surface area contributed by atoms with Crippen molar-refractivity contribution >= 4 is 58.4 Å². The zero-order valence-corrected chi connectivity index (χ0v) is 52.4. The highest BCUT2D eigenvalue weighted by molar-refractivity contribution is 7.17. The number of hydrogen-bond acceptors (Lipinski definition) is 22. The van der Waals surface area contributed by atoms with Gasteiger partial charge in [-0.1, -0.05) is 55.7 Å². The highest BCUT2D eigenvalue weighted by Crippen LogP contribution is 2.34. The van der Waals surface area contributed by atoms with Crippen molar-refractivity contribution in [1.82, 2.24) is 46.6 Å². The Labute approximate surface area is 536 Å². The number of aromatic hydroxyl groups is 1. The maximum absolute atomic E-state index is 14.7. The molecule has 5 heterocycles. The van der Waals surface area contributed by atoms with Crippen LogP contribution in [0.25, 0.3) is 21.1 Å². The summed E-state index contributed by atoms with van der Waals surface area (Å²) in [5.74, 6) is -8.62. The fourth-order valence-electron chi connectivity index (χ4n) is 12.6. The second-order valence-corrected chi connectivity index (χ2v) is 25.6. The number of carbonyl (C=O) groups is 7. The number of aromatic nitrogens is 2. The fourth-order valence-corrected chi connectivity index (χ4v) is 13.4. The number of carbonyl (C=O) groups excluding carboxylic acids is 7. The van der Waals surface area contributed by atoms with Crippen LogP contribution in [-0.4, -0.2) is 235 Å². The van der Waals surface area contributed by atoms with Gasteiger partial charge >= 0.3 is 0 Å². The summed E-state index contributed by atoms with van der Waals surface area (Å²) >= 11 is 1.35. The molecule has 1 aromatic heterocycles. The van der Waals surface area contributed by atoms with E-state index < -0.39 is 152 Å². The van der Waals surface area contributed by atoms with Crippen molar-refractivity contribution in [3.63, 3.8) is 0 Å². The predicted molar refractivity (Wildman–Crippen MR) is 335 cm³/mol. The molecular formula is C63H86N12O16S. The summed E-state index contributed by atoms with van der Waals surface area (Å²) in [6.07, 6.45) is -3.13. The Hall–Kier alpha value is -7.45. The van der Waals surface area contributed by atoms with E-state index in [1.54, 1.807) is 12.1 Å². The van der Waals surface area contributed by atoms with Gasteiger partial charge in [0.2, 0.25) is 35.4 Å². The molecule has 1 saturated carbocycles. The molecule has 3 aromatic carbocycles. The van der Waals surface area contributed by atoms with Crippen LogP contribution in [0.3, 0.4) is 0 Å². The van der Waals surface area contributed by atoms with E-state index in [-0.39, 0.29) is 61.4 Å². The lowest BCUT2D eigenvalue weighted by Crippen LogP contribution is -2.64. The number of anilines is 1. The predicted octanol–water partition coefficient (Wildman–Crippen LogP) is -1.47. The first-order chi connectivity index (χ1) is 44.1. The normalized spacial score (nSPS) is 27.2. The Kier molecular flexibility index (Phi) is 23.6. The van der Waals surface area contributed by atoms with Crippen LogP contribution in [0.5, 0.6) is 11.5 Å². The molecule has 0 unspecified atom stereocenters. The quantitative estimate of drug-likeness (QED) is 0.0574. The average Bonchev–Trinajstić information content (AvgIpc) is 1.67. The molecule has 5 aliphatic rings. The number of nitrogens with one attached hydrogen (secondary N) is 5. The number of rotatable bonds is 17. The summed E-state index contributed by atoms with van der Waals surface area (Å²) < 4.78 is 12.0. The summed E-state index contributed by atoms with van der Waals surface area (Å²) in [6.45, 7) is 2.90. The van der Waals surface area contributed by atoms with E-state index in [9.17, 15) is 69.3 Å². The van der Waals surface area contributed by atoms with Crippen molar-refractivity contribution < 1.29 is 78.8 Å². The molecule has 4 saturated heterocycles. The van der Waals surface area contributed by atoms with Crippen LogP contribution >= 0.6 is 11.3 Å². The SMILES string of the molecule is C[C@@H](O)[C@@H]1NC(=O)[C@@H](NC(=O)c2ccc(-c3nnc(-c4ccc(N5CCC(OC6CCCCC6)CC5)cc4)s3)cc2)C[C@@H](O)CNC(=O)[C@@H]2[C@@H](O)[C@@H](C)CN2C(=O)[C@H]([C@H](O)CCN)NC(=O)[C@H]([C@H](O)Cc2ccc(O)c(OCCN)c2)NC(=O)[C@@H]2C[C@@H](O)CN2C1=O. The number of nitrogens with two attached hydrogens (primary N) is 2. The van der Waals surface area contributed by atoms with Gasteiger partial charge in [-0.3, -0.25) is 33.6 Å². The molecule has 5 fully saturated rings. The number of amides is 7. The zero-order valence-electron chi connectivity index (χ0n) is 51.5. The topological polar surface area (TPSA) is 427 Å².